The van der Waals surface area contributed by atoms with Crippen molar-refractivity contribution in [3.8, 4) is 0 Å². The third kappa shape index (κ3) is 3.33. The summed E-state index contributed by atoms with van der Waals surface area (Å²) in [5.74, 6) is -1.34. The number of nitrogens with one attached hydrogen (secondary N) is 1. The summed E-state index contributed by atoms with van der Waals surface area (Å²) in [6.07, 6.45) is 2.13. The molecule has 6 nitrogen and oxygen atoms in total. The van der Waals surface area contributed by atoms with Gasteiger partial charge in [0.15, 0.2) is 0 Å². The lowest BCUT2D eigenvalue weighted by Crippen LogP contribution is -2.49. The number of carboxylic acids is 1. The van der Waals surface area contributed by atoms with Crippen molar-refractivity contribution >= 4 is 12.0 Å². The fourth-order valence-corrected chi connectivity index (χ4v) is 2.01. The fourth-order valence-electron chi connectivity index (χ4n) is 2.01. The molecule has 1 saturated carbocycles. The third-order valence-corrected chi connectivity index (χ3v) is 3.39. The number of amides is 2. The molecule has 98 valence electrons. The Labute approximate surface area is 101 Å². The standard InChI is InChI=1S/C11H20N2O4/c1-7(6-14)13(2)11(17)12-9-5-3-4-8(9)10(15)16/h7-9,14H,3-6H2,1-2H3,(H,12,17)(H,15,16). The van der Waals surface area contributed by atoms with Crippen molar-refractivity contribution in [2.75, 3.05) is 13.7 Å². The summed E-state index contributed by atoms with van der Waals surface area (Å²) >= 11 is 0. The van der Waals surface area contributed by atoms with E-state index in [1.54, 1.807) is 14.0 Å². The van der Waals surface area contributed by atoms with Gasteiger partial charge in [-0.2, -0.15) is 0 Å². The maximum atomic E-state index is 11.8. The molecule has 3 N–H and O–H groups in total. The van der Waals surface area contributed by atoms with Crippen LogP contribution < -0.4 is 5.32 Å². The molecule has 0 saturated heterocycles. The molecule has 1 aliphatic rings. The smallest absolute Gasteiger partial charge is 0.317 e. The predicted octanol–water partition coefficient (Wildman–Crippen LogP) is 0.262. The number of hydrogen-bond donors (Lipinski definition) is 3. The number of rotatable bonds is 4. The Bertz CT molecular complexity index is 295. The molecule has 0 aromatic heterocycles. The van der Waals surface area contributed by atoms with Gasteiger partial charge in [0, 0.05) is 13.1 Å². The van der Waals surface area contributed by atoms with Crippen LogP contribution in [0.4, 0.5) is 4.79 Å². The van der Waals surface area contributed by atoms with Gasteiger partial charge >= 0.3 is 12.0 Å². The van der Waals surface area contributed by atoms with Crippen LogP contribution in [-0.4, -0.2) is 52.9 Å². The number of aliphatic hydroxyl groups excluding tert-OH is 1. The van der Waals surface area contributed by atoms with Crippen LogP contribution in [0.3, 0.4) is 0 Å². The van der Waals surface area contributed by atoms with Crippen LogP contribution in [0, 0.1) is 5.92 Å². The van der Waals surface area contributed by atoms with Crippen LogP contribution in [0.5, 0.6) is 0 Å². The summed E-state index contributed by atoms with van der Waals surface area (Å²) < 4.78 is 0. The van der Waals surface area contributed by atoms with E-state index in [1.807, 2.05) is 0 Å². The lowest BCUT2D eigenvalue weighted by atomic mass is 10.0. The second-order valence-corrected chi connectivity index (χ2v) is 4.57. The number of carboxylic acid groups (broad SMARTS) is 1. The van der Waals surface area contributed by atoms with Gasteiger partial charge < -0.3 is 20.4 Å². The Balaban J connectivity index is 2.53. The van der Waals surface area contributed by atoms with E-state index in [9.17, 15) is 9.59 Å². The highest BCUT2D eigenvalue weighted by atomic mass is 16.4. The minimum atomic E-state index is -0.856. The van der Waals surface area contributed by atoms with Crippen molar-refractivity contribution in [1.82, 2.24) is 10.2 Å². The van der Waals surface area contributed by atoms with Gasteiger partial charge in [0.05, 0.1) is 18.6 Å². The summed E-state index contributed by atoms with van der Waals surface area (Å²) in [5, 5.41) is 20.6. The van der Waals surface area contributed by atoms with Gasteiger partial charge in [-0.3, -0.25) is 4.79 Å². The molecule has 6 heteroatoms. The van der Waals surface area contributed by atoms with Crippen LogP contribution in [0.2, 0.25) is 0 Å². The van der Waals surface area contributed by atoms with E-state index < -0.39 is 11.9 Å². The molecule has 0 heterocycles. The zero-order valence-electron chi connectivity index (χ0n) is 10.2. The van der Waals surface area contributed by atoms with E-state index in [2.05, 4.69) is 5.32 Å². The second-order valence-electron chi connectivity index (χ2n) is 4.57. The molecule has 1 fully saturated rings. The van der Waals surface area contributed by atoms with Crippen molar-refractivity contribution in [2.24, 2.45) is 5.92 Å². The van der Waals surface area contributed by atoms with Gasteiger partial charge in [0.2, 0.25) is 0 Å². The summed E-state index contributed by atoms with van der Waals surface area (Å²) in [7, 11) is 1.58. The molecule has 2 amide bonds. The van der Waals surface area contributed by atoms with Crippen molar-refractivity contribution in [3.63, 3.8) is 0 Å². The molecule has 3 atom stereocenters. The van der Waals surface area contributed by atoms with Crippen LogP contribution in [-0.2, 0) is 4.79 Å². The average molecular weight is 244 g/mol. The number of nitrogens with zero attached hydrogens (tertiary/aromatic N) is 1. The summed E-state index contributed by atoms with van der Waals surface area (Å²) in [6.45, 7) is 1.61. The van der Waals surface area contributed by atoms with Gasteiger partial charge in [-0.05, 0) is 19.8 Å². The Kier molecular flexibility index (Phi) is 4.74. The van der Waals surface area contributed by atoms with Gasteiger partial charge in [0.25, 0.3) is 0 Å². The van der Waals surface area contributed by atoms with E-state index in [-0.39, 0.29) is 24.7 Å². The third-order valence-electron chi connectivity index (χ3n) is 3.39. The number of urea groups is 1. The predicted molar refractivity (Wildman–Crippen MR) is 61.6 cm³/mol. The van der Waals surface area contributed by atoms with Crippen molar-refractivity contribution in [3.05, 3.63) is 0 Å². The first-order valence-electron chi connectivity index (χ1n) is 5.84. The Hall–Kier alpha value is -1.30. The molecule has 0 bridgehead atoms. The largest absolute Gasteiger partial charge is 0.481 e. The summed E-state index contributed by atoms with van der Waals surface area (Å²) in [5.41, 5.74) is 0. The minimum absolute atomic E-state index is 0.114. The van der Waals surface area contributed by atoms with E-state index in [1.165, 1.54) is 4.90 Å². The van der Waals surface area contributed by atoms with E-state index >= 15 is 0 Å². The highest BCUT2D eigenvalue weighted by molar-refractivity contribution is 5.77. The zero-order valence-corrected chi connectivity index (χ0v) is 10.2. The number of carbonyl (C=O) groups is 2. The molecule has 17 heavy (non-hydrogen) atoms. The number of carbonyl (C=O) groups excluding carboxylic acids is 1. The van der Waals surface area contributed by atoms with Gasteiger partial charge in [-0.25, -0.2) is 4.79 Å². The fraction of sp³-hybridized carbons (Fsp3) is 0.818. The number of hydrogen-bond acceptors (Lipinski definition) is 3. The molecule has 0 aromatic rings. The molecule has 3 unspecified atom stereocenters. The number of likely N-dealkylation sites (N-methyl/N-ethyl adjacent to an activating group) is 1. The van der Waals surface area contributed by atoms with Crippen LogP contribution in [0.25, 0.3) is 0 Å². The summed E-state index contributed by atoms with van der Waals surface area (Å²) in [6, 6.07) is -0.905. The zero-order chi connectivity index (χ0) is 13.0. The molecule has 1 aliphatic carbocycles. The normalized spacial score (nSPS) is 25.4. The van der Waals surface area contributed by atoms with Crippen LogP contribution >= 0.6 is 0 Å². The average Bonchev–Trinajstić information content (AvgIpc) is 2.75. The van der Waals surface area contributed by atoms with Crippen molar-refractivity contribution in [2.45, 2.75) is 38.3 Å². The lowest BCUT2D eigenvalue weighted by molar-refractivity contribution is -0.142. The Morgan fingerprint density at radius 3 is 2.65 bits per heavy atom. The van der Waals surface area contributed by atoms with Gasteiger partial charge in [0.1, 0.15) is 0 Å². The quantitative estimate of drug-likeness (QED) is 0.661. The SMILES string of the molecule is CC(CO)N(C)C(=O)NC1CCCC1C(=O)O. The topological polar surface area (TPSA) is 89.9 Å². The highest BCUT2D eigenvalue weighted by Crippen LogP contribution is 2.25. The summed E-state index contributed by atoms with van der Waals surface area (Å²) in [4.78, 5) is 24.1. The second kappa shape index (κ2) is 5.86. The van der Waals surface area contributed by atoms with Gasteiger partial charge in [-0.1, -0.05) is 6.42 Å². The van der Waals surface area contributed by atoms with Crippen LogP contribution in [0.15, 0.2) is 0 Å². The molecule has 0 aliphatic heterocycles. The first kappa shape index (κ1) is 13.8. The molecule has 1 rings (SSSR count). The van der Waals surface area contributed by atoms with Crippen LogP contribution in [0.1, 0.15) is 26.2 Å². The number of aliphatic carboxylic acids is 1. The number of aliphatic hydroxyl groups is 1. The molecular weight excluding hydrogens is 224 g/mol. The molecule has 0 aromatic carbocycles. The van der Waals surface area contributed by atoms with E-state index in [0.29, 0.717) is 12.8 Å². The Morgan fingerprint density at radius 1 is 1.47 bits per heavy atom. The first-order chi connectivity index (χ1) is 7.97. The van der Waals surface area contributed by atoms with E-state index in [0.717, 1.165) is 6.42 Å². The lowest BCUT2D eigenvalue weighted by Gasteiger charge is -2.26. The van der Waals surface area contributed by atoms with Crippen molar-refractivity contribution < 1.29 is 19.8 Å². The highest BCUT2D eigenvalue weighted by Gasteiger charge is 2.34. The maximum Gasteiger partial charge on any atom is 0.317 e. The van der Waals surface area contributed by atoms with Crippen molar-refractivity contribution in [1.29, 1.82) is 0 Å². The monoisotopic (exact) mass is 244 g/mol. The molecule has 0 radical (unpaired) electrons. The molecular formula is C11H20N2O4. The first-order valence-corrected chi connectivity index (χ1v) is 5.84. The van der Waals surface area contributed by atoms with E-state index in [4.69, 9.17) is 10.2 Å². The van der Waals surface area contributed by atoms with Gasteiger partial charge in [-0.15, -0.1) is 0 Å². The minimum Gasteiger partial charge on any atom is -0.481 e. The maximum absolute atomic E-state index is 11.8. The molecule has 0 spiro atoms. The Morgan fingerprint density at radius 2 is 2.12 bits per heavy atom.